The lowest BCUT2D eigenvalue weighted by Crippen LogP contribution is -2.31. The van der Waals surface area contributed by atoms with Gasteiger partial charge in [-0.05, 0) is 38.3 Å². The summed E-state index contributed by atoms with van der Waals surface area (Å²) in [6.45, 7) is 3.08. The van der Waals surface area contributed by atoms with Gasteiger partial charge in [-0.2, -0.15) is 4.98 Å². The predicted molar refractivity (Wildman–Crippen MR) is 67.0 cm³/mol. The van der Waals surface area contributed by atoms with E-state index >= 15 is 0 Å². The third-order valence-corrected chi connectivity index (χ3v) is 3.44. The molecule has 3 heterocycles. The predicted octanol–water partition coefficient (Wildman–Crippen LogP) is 2.20. The van der Waals surface area contributed by atoms with Gasteiger partial charge in [0, 0.05) is 6.61 Å². The van der Waals surface area contributed by atoms with Gasteiger partial charge in [-0.3, -0.25) is 0 Å². The summed E-state index contributed by atoms with van der Waals surface area (Å²) in [7, 11) is 0. The van der Waals surface area contributed by atoms with Crippen molar-refractivity contribution < 1.29 is 13.7 Å². The molecule has 0 saturated carbocycles. The van der Waals surface area contributed by atoms with Crippen molar-refractivity contribution in [3.63, 3.8) is 0 Å². The lowest BCUT2D eigenvalue weighted by Gasteiger charge is -2.30. The first kappa shape index (κ1) is 12.4. The highest BCUT2D eigenvalue weighted by Crippen LogP contribution is 2.34. The average molecular weight is 263 g/mol. The fourth-order valence-corrected chi connectivity index (χ4v) is 2.25. The van der Waals surface area contributed by atoms with Gasteiger partial charge in [-0.25, -0.2) is 0 Å². The summed E-state index contributed by atoms with van der Waals surface area (Å²) in [5.74, 6) is 2.17. The van der Waals surface area contributed by atoms with Gasteiger partial charge in [0.2, 0.25) is 5.82 Å². The number of aromatic nitrogens is 2. The number of hydrogen-bond acceptors (Lipinski definition) is 6. The van der Waals surface area contributed by atoms with Gasteiger partial charge in [0.05, 0.1) is 6.54 Å². The molecule has 0 spiro atoms. The molecular weight excluding hydrogens is 246 g/mol. The highest BCUT2D eigenvalue weighted by Gasteiger charge is 2.35. The molecule has 0 aliphatic carbocycles. The van der Waals surface area contributed by atoms with Gasteiger partial charge in [-0.15, -0.1) is 0 Å². The summed E-state index contributed by atoms with van der Waals surface area (Å²) in [5, 5.41) is 4.02. The first-order chi connectivity index (χ1) is 9.21. The van der Waals surface area contributed by atoms with E-state index < -0.39 is 5.60 Å². The maximum Gasteiger partial charge on any atom is 0.293 e. The monoisotopic (exact) mass is 263 g/mol. The Hall–Kier alpha value is -1.66. The Balaban J connectivity index is 1.86. The van der Waals surface area contributed by atoms with Gasteiger partial charge < -0.3 is 19.4 Å². The van der Waals surface area contributed by atoms with Crippen molar-refractivity contribution in [1.82, 2.24) is 10.1 Å². The molecule has 2 aromatic heterocycles. The zero-order chi connectivity index (χ0) is 13.3. The average Bonchev–Trinajstić information content (AvgIpc) is 3.08. The molecule has 3 rings (SSSR count). The van der Waals surface area contributed by atoms with E-state index in [4.69, 9.17) is 19.4 Å². The topological polar surface area (TPSA) is 87.3 Å². The van der Waals surface area contributed by atoms with Crippen LogP contribution in [-0.4, -0.2) is 16.7 Å². The van der Waals surface area contributed by atoms with E-state index in [1.165, 1.54) is 0 Å². The van der Waals surface area contributed by atoms with E-state index in [-0.39, 0.29) is 0 Å². The standard InChI is InChI=1S/C13H17N3O3/c1-13(6-2-3-7-17-13)12-15-11(19-16-12)10-5-4-9(8-14)18-10/h4-5H,2-3,6-8,14H2,1H3. The molecule has 6 nitrogen and oxygen atoms in total. The quantitative estimate of drug-likeness (QED) is 0.913. The smallest absolute Gasteiger partial charge is 0.293 e. The van der Waals surface area contributed by atoms with Crippen molar-refractivity contribution in [3.8, 4) is 11.7 Å². The van der Waals surface area contributed by atoms with Crippen LogP contribution in [0.15, 0.2) is 21.1 Å². The van der Waals surface area contributed by atoms with E-state index in [0.717, 1.165) is 25.9 Å². The van der Waals surface area contributed by atoms with Crippen LogP contribution < -0.4 is 5.73 Å². The van der Waals surface area contributed by atoms with E-state index in [0.29, 0.717) is 29.8 Å². The van der Waals surface area contributed by atoms with E-state index in [2.05, 4.69) is 10.1 Å². The third kappa shape index (κ3) is 2.29. The molecule has 1 atom stereocenters. The molecular formula is C13H17N3O3. The van der Waals surface area contributed by atoms with Crippen molar-refractivity contribution in [2.45, 2.75) is 38.3 Å². The van der Waals surface area contributed by atoms with Gasteiger partial charge in [-0.1, -0.05) is 5.16 Å². The minimum Gasteiger partial charge on any atom is -0.455 e. The maximum absolute atomic E-state index is 5.79. The molecule has 0 amide bonds. The fraction of sp³-hybridized carbons (Fsp3) is 0.538. The molecule has 2 N–H and O–H groups in total. The van der Waals surface area contributed by atoms with Gasteiger partial charge in [0.15, 0.2) is 5.76 Å². The first-order valence-electron chi connectivity index (χ1n) is 6.48. The molecule has 1 unspecified atom stereocenters. The Labute approximate surface area is 110 Å². The van der Waals surface area contributed by atoms with Crippen LogP contribution in [-0.2, 0) is 16.9 Å². The molecule has 0 aromatic carbocycles. The normalized spacial score (nSPS) is 23.7. The van der Waals surface area contributed by atoms with Gasteiger partial charge in [0.1, 0.15) is 11.4 Å². The minimum atomic E-state index is -0.455. The second-order valence-corrected chi connectivity index (χ2v) is 4.93. The molecule has 0 radical (unpaired) electrons. The summed E-state index contributed by atoms with van der Waals surface area (Å²) in [6.07, 6.45) is 3.09. The SMILES string of the molecule is CC1(c2noc(-c3ccc(CN)o3)n2)CCCCO1. The van der Waals surface area contributed by atoms with E-state index in [1.807, 2.05) is 6.92 Å². The molecule has 1 saturated heterocycles. The lowest BCUT2D eigenvalue weighted by molar-refractivity contribution is -0.0770. The summed E-state index contributed by atoms with van der Waals surface area (Å²) in [5.41, 5.74) is 5.05. The molecule has 1 fully saturated rings. The molecule has 102 valence electrons. The van der Waals surface area contributed by atoms with Crippen LogP contribution in [0.2, 0.25) is 0 Å². The van der Waals surface area contributed by atoms with Gasteiger partial charge in [0.25, 0.3) is 5.89 Å². The number of rotatable bonds is 3. The zero-order valence-electron chi connectivity index (χ0n) is 10.9. The maximum atomic E-state index is 5.79. The summed E-state index contributed by atoms with van der Waals surface area (Å²) < 4.78 is 16.5. The van der Waals surface area contributed by atoms with Crippen LogP contribution >= 0.6 is 0 Å². The Kier molecular flexibility index (Phi) is 3.12. The Morgan fingerprint density at radius 2 is 2.26 bits per heavy atom. The molecule has 6 heteroatoms. The second kappa shape index (κ2) is 4.79. The second-order valence-electron chi connectivity index (χ2n) is 4.93. The van der Waals surface area contributed by atoms with Crippen LogP contribution in [0.1, 0.15) is 37.8 Å². The van der Waals surface area contributed by atoms with Crippen LogP contribution in [0.25, 0.3) is 11.7 Å². The Bertz CT molecular complexity index is 555. The molecule has 19 heavy (non-hydrogen) atoms. The molecule has 2 aromatic rings. The number of furan rings is 1. The minimum absolute atomic E-state index is 0.349. The van der Waals surface area contributed by atoms with Crippen LogP contribution in [0.5, 0.6) is 0 Å². The Morgan fingerprint density at radius 1 is 1.37 bits per heavy atom. The van der Waals surface area contributed by atoms with Gasteiger partial charge >= 0.3 is 0 Å². The summed E-state index contributed by atoms with van der Waals surface area (Å²) >= 11 is 0. The van der Waals surface area contributed by atoms with Crippen LogP contribution in [0.4, 0.5) is 0 Å². The Morgan fingerprint density at radius 3 is 2.95 bits per heavy atom. The molecule has 1 aliphatic heterocycles. The fourth-order valence-electron chi connectivity index (χ4n) is 2.25. The number of nitrogens with two attached hydrogens (primary N) is 1. The van der Waals surface area contributed by atoms with E-state index in [9.17, 15) is 0 Å². The first-order valence-corrected chi connectivity index (χ1v) is 6.48. The largest absolute Gasteiger partial charge is 0.455 e. The van der Waals surface area contributed by atoms with Crippen molar-refractivity contribution in [1.29, 1.82) is 0 Å². The van der Waals surface area contributed by atoms with Crippen LogP contribution in [0, 0.1) is 0 Å². The highest BCUT2D eigenvalue weighted by molar-refractivity contribution is 5.44. The van der Waals surface area contributed by atoms with Crippen molar-refractivity contribution >= 4 is 0 Å². The third-order valence-electron chi connectivity index (χ3n) is 3.44. The van der Waals surface area contributed by atoms with Crippen molar-refractivity contribution in [2.24, 2.45) is 5.73 Å². The number of hydrogen-bond donors (Lipinski definition) is 1. The zero-order valence-corrected chi connectivity index (χ0v) is 10.9. The van der Waals surface area contributed by atoms with Crippen molar-refractivity contribution in [3.05, 3.63) is 23.7 Å². The summed E-state index contributed by atoms with van der Waals surface area (Å²) in [4.78, 5) is 4.39. The molecule has 1 aliphatic rings. The van der Waals surface area contributed by atoms with E-state index in [1.54, 1.807) is 12.1 Å². The van der Waals surface area contributed by atoms with Crippen molar-refractivity contribution in [2.75, 3.05) is 6.61 Å². The summed E-state index contributed by atoms with van der Waals surface area (Å²) in [6, 6.07) is 3.58. The number of nitrogens with zero attached hydrogens (tertiary/aromatic N) is 2. The van der Waals surface area contributed by atoms with Crippen LogP contribution in [0.3, 0.4) is 0 Å². The highest BCUT2D eigenvalue weighted by atomic mass is 16.5. The number of ether oxygens (including phenoxy) is 1. The lowest BCUT2D eigenvalue weighted by atomic mass is 9.95. The molecule has 0 bridgehead atoms.